The predicted molar refractivity (Wildman–Crippen MR) is 81.1 cm³/mol. The first-order valence-electron chi connectivity index (χ1n) is 7.46. The summed E-state index contributed by atoms with van der Waals surface area (Å²) in [5, 5.41) is 6.26. The van der Waals surface area contributed by atoms with Crippen LogP contribution in [0, 0.1) is 0 Å². The van der Waals surface area contributed by atoms with Gasteiger partial charge in [0.25, 0.3) is 0 Å². The molecule has 1 amide bonds. The van der Waals surface area contributed by atoms with E-state index in [0.717, 1.165) is 24.3 Å². The fraction of sp³-hybridized carbons (Fsp3) is 0.562. The molecule has 1 aromatic rings. The molecular formula is C16H24N2O2. The van der Waals surface area contributed by atoms with Crippen LogP contribution in [0.15, 0.2) is 24.3 Å². The summed E-state index contributed by atoms with van der Waals surface area (Å²) in [7, 11) is 1.63. The molecule has 1 aromatic carbocycles. The van der Waals surface area contributed by atoms with Crippen LogP contribution in [0.4, 0.5) is 5.69 Å². The van der Waals surface area contributed by atoms with Gasteiger partial charge in [0.15, 0.2) is 0 Å². The molecule has 0 heterocycles. The van der Waals surface area contributed by atoms with Crippen LogP contribution in [-0.2, 0) is 4.79 Å². The number of amides is 1. The van der Waals surface area contributed by atoms with Crippen molar-refractivity contribution >= 4 is 11.6 Å². The van der Waals surface area contributed by atoms with Gasteiger partial charge in [-0.3, -0.25) is 4.79 Å². The molecule has 4 nitrogen and oxygen atoms in total. The van der Waals surface area contributed by atoms with E-state index < -0.39 is 0 Å². The zero-order valence-corrected chi connectivity index (χ0v) is 12.2. The lowest BCUT2D eigenvalue weighted by Crippen LogP contribution is -2.38. The van der Waals surface area contributed by atoms with Crippen LogP contribution in [0.25, 0.3) is 0 Å². The molecule has 20 heavy (non-hydrogen) atoms. The third-order valence-electron chi connectivity index (χ3n) is 3.77. The Balaban J connectivity index is 1.79. The Kier molecular flexibility index (Phi) is 5.71. The number of nitrogens with one attached hydrogen (secondary N) is 2. The second-order valence-electron chi connectivity index (χ2n) is 5.31. The van der Waals surface area contributed by atoms with E-state index in [9.17, 15) is 4.79 Å². The summed E-state index contributed by atoms with van der Waals surface area (Å²) in [6.45, 7) is 0.289. The van der Waals surface area contributed by atoms with Crippen LogP contribution in [0.2, 0.25) is 0 Å². The Bertz CT molecular complexity index is 426. The van der Waals surface area contributed by atoms with Gasteiger partial charge in [-0.2, -0.15) is 0 Å². The van der Waals surface area contributed by atoms with Gasteiger partial charge >= 0.3 is 0 Å². The number of methoxy groups -OCH3 is 1. The average Bonchev–Trinajstić information content (AvgIpc) is 2.74. The summed E-state index contributed by atoms with van der Waals surface area (Å²) in [5.74, 6) is 0.817. The molecule has 1 aliphatic rings. The van der Waals surface area contributed by atoms with Crippen molar-refractivity contribution in [1.82, 2.24) is 5.32 Å². The zero-order chi connectivity index (χ0) is 14.2. The molecule has 1 fully saturated rings. The first-order chi connectivity index (χ1) is 9.79. The van der Waals surface area contributed by atoms with Gasteiger partial charge in [0.1, 0.15) is 5.75 Å². The van der Waals surface area contributed by atoms with E-state index in [0.29, 0.717) is 6.04 Å². The maximum absolute atomic E-state index is 12.0. The Morgan fingerprint density at radius 2 is 1.90 bits per heavy atom. The van der Waals surface area contributed by atoms with Crippen LogP contribution in [0.5, 0.6) is 5.75 Å². The highest BCUT2D eigenvalue weighted by Gasteiger charge is 2.14. The van der Waals surface area contributed by atoms with Crippen LogP contribution in [0.1, 0.15) is 38.5 Å². The minimum Gasteiger partial charge on any atom is -0.495 e. The number of carbonyl (C=O) groups is 1. The van der Waals surface area contributed by atoms with Gasteiger partial charge in [0.2, 0.25) is 5.91 Å². The third-order valence-corrected chi connectivity index (χ3v) is 3.77. The highest BCUT2D eigenvalue weighted by Crippen LogP contribution is 2.22. The van der Waals surface area contributed by atoms with Gasteiger partial charge in [-0.15, -0.1) is 0 Å². The largest absolute Gasteiger partial charge is 0.495 e. The summed E-state index contributed by atoms with van der Waals surface area (Å²) in [6.07, 6.45) is 7.27. The Morgan fingerprint density at radius 1 is 1.20 bits per heavy atom. The lowest BCUT2D eigenvalue weighted by molar-refractivity contribution is -0.120. The minimum absolute atomic E-state index is 0.0582. The molecule has 0 spiro atoms. The number of para-hydroxylation sites is 2. The minimum atomic E-state index is 0.0582. The zero-order valence-electron chi connectivity index (χ0n) is 12.2. The maximum Gasteiger partial charge on any atom is 0.239 e. The van der Waals surface area contributed by atoms with Crippen molar-refractivity contribution in [2.24, 2.45) is 0 Å². The molecule has 0 aliphatic heterocycles. The molecule has 1 saturated carbocycles. The molecule has 0 radical (unpaired) electrons. The van der Waals surface area contributed by atoms with Gasteiger partial charge < -0.3 is 15.4 Å². The quantitative estimate of drug-likeness (QED) is 0.813. The van der Waals surface area contributed by atoms with E-state index in [2.05, 4.69) is 10.6 Å². The van der Waals surface area contributed by atoms with Gasteiger partial charge in [-0.05, 0) is 25.0 Å². The van der Waals surface area contributed by atoms with E-state index in [4.69, 9.17) is 4.74 Å². The molecule has 1 aliphatic carbocycles. The van der Waals surface area contributed by atoms with Crippen LogP contribution >= 0.6 is 0 Å². The highest BCUT2D eigenvalue weighted by atomic mass is 16.5. The van der Waals surface area contributed by atoms with E-state index in [1.165, 1.54) is 25.7 Å². The molecule has 0 bridgehead atoms. The van der Waals surface area contributed by atoms with Crippen LogP contribution in [-0.4, -0.2) is 25.6 Å². The molecule has 0 saturated heterocycles. The molecular weight excluding hydrogens is 252 g/mol. The van der Waals surface area contributed by atoms with Crippen molar-refractivity contribution in [2.75, 3.05) is 19.0 Å². The van der Waals surface area contributed by atoms with E-state index >= 15 is 0 Å². The lowest BCUT2D eigenvalue weighted by Gasteiger charge is -2.17. The number of anilines is 1. The molecule has 0 atom stereocenters. The SMILES string of the molecule is COc1ccccc1NCC(=O)NC1CCCCCC1. The highest BCUT2D eigenvalue weighted by molar-refractivity contribution is 5.81. The number of hydrogen-bond acceptors (Lipinski definition) is 3. The van der Waals surface area contributed by atoms with Crippen LogP contribution in [0.3, 0.4) is 0 Å². The number of ether oxygens (including phenoxy) is 1. The summed E-state index contributed by atoms with van der Waals surface area (Å²) >= 11 is 0. The van der Waals surface area contributed by atoms with Crippen molar-refractivity contribution < 1.29 is 9.53 Å². The van der Waals surface area contributed by atoms with Gasteiger partial charge in [-0.1, -0.05) is 37.8 Å². The van der Waals surface area contributed by atoms with Gasteiger partial charge in [0, 0.05) is 6.04 Å². The maximum atomic E-state index is 12.0. The summed E-state index contributed by atoms with van der Waals surface area (Å²) in [4.78, 5) is 12.0. The Morgan fingerprint density at radius 3 is 2.60 bits per heavy atom. The molecule has 4 heteroatoms. The summed E-state index contributed by atoms with van der Waals surface area (Å²) < 4.78 is 5.25. The molecule has 0 unspecified atom stereocenters. The Labute approximate surface area is 120 Å². The summed E-state index contributed by atoms with van der Waals surface area (Å²) in [6, 6.07) is 7.98. The molecule has 2 N–H and O–H groups in total. The number of rotatable bonds is 5. The van der Waals surface area contributed by atoms with Crippen molar-refractivity contribution in [3.63, 3.8) is 0 Å². The first-order valence-corrected chi connectivity index (χ1v) is 7.46. The average molecular weight is 276 g/mol. The van der Waals surface area contributed by atoms with Crippen molar-refractivity contribution in [3.05, 3.63) is 24.3 Å². The fourth-order valence-corrected chi connectivity index (χ4v) is 2.67. The smallest absolute Gasteiger partial charge is 0.239 e. The van der Waals surface area contributed by atoms with Crippen molar-refractivity contribution in [3.8, 4) is 5.75 Å². The van der Waals surface area contributed by atoms with Crippen molar-refractivity contribution in [2.45, 2.75) is 44.6 Å². The monoisotopic (exact) mass is 276 g/mol. The molecule has 2 rings (SSSR count). The fourth-order valence-electron chi connectivity index (χ4n) is 2.67. The second-order valence-corrected chi connectivity index (χ2v) is 5.31. The number of carbonyl (C=O) groups excluding carboxylic acids is 1. The number of hydrogen-bond donors (Lipinski definition) is 2. The number of benzene rings is 1. The van der Waals surface area contributed by atoms with E-state index in [-0.39, 0.29) is 12.5 Å². The van der Waals surface area contributed by atoms with Crippen LogP contribution < -0.4 is 15.4 Å². The first kappa shape index (κ1) is 14.7. The Hall–Kier alpha value is -1.71. The third kappa shape index (κ3) is 4.44. The van der Waals surface area contributed by atoms with Crippen molar-refractivity contribution in [1.29, 1.82) is 0 Å². The topological polar surface area (TPSA) is 50.4 Å². The molecule has 0 aromatic heterocycles. The lowest BCUT2D eigenvalue weighted by atomic mass is 10.1. The van der Waals surface area contributed by atoms with Gasteiger partial charge in [0.05, 0.1) is 19.3 Å². The van der Waals surface area contributed by atoms with Gasteiger partial charge in [-0.25, -0.2) is 0 Å². The van der Waals surface area contributed by atoms with E-state index in [1.807, 2.05) is 24.3 Å². The summed E-state index contributed by atoms with van der Waals surface area (Å²) in [5.41, 5.74) is 0.853. The molecule has 110 valence electrons. The van der Waals surface area contributed by atoms with E-state index in [1.54, 1.807) is 7.11 Å². The second kappa shape index (κ2) is 7.78. The normalized spacial score (nSPS) is 16.2. The standard InChI is InChI=1S/C16H24N2O2/c1-20-15-11-7-6-10-14(15)17-12-16(19)18-13-8-4-2-3-5-9-13/h6-7,10-11,13,17H,2-5,8-9,12H2,1H3,(H,18,19). The predicted octanol–water partition coefficient (Wildman–Crippen LogP) is 2.95.